The van der Waals surface area contributed by atoms with Gasteiger partial charge in [0.15, 0.2) is 5.69 Å². The molecule has 0 aliphatic rings. The monoisotopic (exact) mass is 353 g/mol. The summed E-state index contributed by atoms with van der Waals surface area (Å²) in [4.78, 5) is 11.8. The molecule has 0 spiro atoms. The molecule has 0 aromatic carbocycles. The molecule has 0 aliphatic carbocycles. The Balaban J connectivity index is 2.24. The lowest BCUT2D eigenvalue weighted by Crippen LogP contribution is -2.11. The third kappa shape index (κ3) is 3.05. The SMILES string of the molecule is C=CCOC(=O)c1nnn(Cc2c(Br)c(C)nn2C)c1C. The molecule has 0 atom stereocenters. The summed E-state index contributed by atoms with van der Waals surface area (Å²) in [6.07, 6.45) is 1.51. The smallest absolute Gasteiger partial charge is 0.361 e. The number of carbonyl (C=O) groups excluding carboxylic acids is 1. The Morgan fingerprint density at radius 3 is 2.76 bits per heavy atom. The zero-order valence-corrected chi connectivity index (χ0v) is 13.7. The second kappa shape index (κ2) is 6.21. The highest BCUT2D eigenvalue weighted by atomic mass is 79.9. The van der Waals surface area contributed by atoms with Gasteiger partial charge in [-0.3, -0.25) is 4.68 Å². The number of hydrogen-bond acceptors (Lipinski definition) is 5. The van der Waals surface area contributed by atoms with Crippen LogP contribution in [0.5, 0.6) is 0 Å². The van der Waals surface area contributed by atoms with E-state index in [0.29, 0.717) is 12.2 Å². The van der Waals surface area contributed by atoms with Gasteiger partial charge < -0.3 is 4.74 Å². The van der Waals surface area contributed by atoms with Crippen LogP contribution >= 0.6 is 15.9 Å². The highest BCUT2D eigenvalue weighted by Crippen LogP contribution is 2.21. The van der Waals surface area contributed by atoms with Gasteiger partial charge in [-0.2, -0.15) is 5.10 Å². The summed E-state index contributed by atoms with van der Waals surface area (Å²) in [5.41, 5.74) is 2.71. The van der Waals surface area contributed by atoms with Crippen LogP contribution in [0, 0.1) is 13.8 Å². The number of nitrogens with zero attached hydrogens (tertiary/aromatic N) is 5. The molecule has 0 saturated carbocycles. The molecule has 2 aromatic heterocycles. The Hall–Kier alpha value is -1.96. The summed E-state index contributed by atoms with van der Waals surface area (Å²) < 4.78 is 9.32. The second-order valence-electron chi connectivity index (χ2n) is 4.54. The molecule has 8 heteroatoms. The Labute approximate surface area is 130 Å². The number of halogens is 1. The molecule has 0 N–H and O–H groups in total. The fourth-order valence-corrected chi connectivity index (χ4v) is 2.36. The Morgan fingerprint density at radius 2 is 2.19 bits per heavy atom. The molecule has 0 unspecified atom stereocenters. The first-order valence-electron chi connectivity index (χ1n) is 6.31. The van der Waals surface area contributed by atoms with Gasteiger partial charge in [0.2, 0.25) is 0 Å². The third-order valence-electron chi connectivity index (χ3n) is 3.07. The van der Waals surface area contributed by atoms with Crippen molar-refractivity contribution in [1.29, 1.82) is 0 Å². The quantitative estimate of drug-likeness (QED) is 0.604. The van der Waals surface area contributed by atoms with Crippen LogP contribution in [0.15, 0.2) is 17.1 Å². The van der Waals surface area contributed by atoms with Crippen LogP contribution in [0.3, 0.4) is 0 Å². The van der Waals surface area contributed by atoms with Gasteiger partial charge in [-0.1, -0.05) is 17.9 Å². The maximum absolute atomic E-state index is 11.8. The van der Waals surface area contributed by atoms with E-state index in [2.05, 4.69) is 37.9 Å². The molecule has 0 fully saturated rings. The van der Waals surface area contributed by atoms with Crippen LogP contribution in [-0.2, 0) is 18.3 Å². The van der Waals surface area contributed by atoms with Crippen molar-refractivity contribution in [2.45, 2.75) is 20.4 Å². The number of aromatic nitrogens is 5. The summed E-state index contributed by atoms with van der Waals surface area (Å²) in [5.74, 6) is -0.501. The predicted octanol–water partition coefficient (Wildman–Crippen LogP) is 1.78. The molecule has 0 radical (unpaired) electrons. The van der Waals surface area contributed by atoms with Crippen LogP contribution in [-0.4, -0.2) is 37.4 Å². The fourth-order valence-electron chi connectivity index (χ4n) is 1.90. The normalized spacial score (nSPS) is 10.7. The zero-order chi connectivity index (χ0) is 15.6. The Kier molecular flexibility index (Phi) is 4.56. The van der Waals surface area contributed by atoms with Crippen molar-refractivity contribution in [2.24, 2.45) is 7.05 Å². The van der Waals surface area contributed by atoms with E-state index in [1.54, 1.807) is 16.3 Å². The van der Waals surface area contributed by atoms with Gasteiger partial charge >= 0.3 is 5.97 Å². The number of rotatable bonds is 5. The lowest BCUT2D eigenvalue weighted by atomic mass is 10.3. The minimum Gasteiger partial charge on any atom is -0.457 e. The van der Waals surface area contributed by atoms with Gasteiger partial charge in [0.05, 0.1) is 28.1 Å². The number of aryl methyl sites for hydroxylation is 2. The van der Waals surface area contributed by atoms with Crippen LogP contribution in [0.4, 0.5) is 0 Å². The Bertz CT molecular complexity index is 689. The molecule has 21 heavy (non-hydrogen) atoms. The maximum atomic E-state index is 11.8. The molecular weight excluding hydrogens is 338 g/mol. The minimum atomic E-state index is -0.501. The minimum absolute atomic E-state index is 0.150. The Morgan fingerprint density at radius 1 is 1.48 bits per heavy atom. The largest absolute Gasteiger partial charge is 0.457 e. The van der Waals surface area contributed by atoms with E-state index in [1.165, 1.54) is 6.08 Å². The van der Waals surface area contributed by atoms with E-state index in [4.69, 9.17) is 4.74 Å². The average molecular weight is 354 g/mol. The molecule has 2 rings (SSSR count). The number of esters is 1. The molecule has 112 valence electrons. The summed E-state index contributed by atoms with van der Waals surface area (Å²) >= 11 is 3.51. The predicted molar refractivity (Wildman–Crippen MR) is 80.0 cm³/mol. The maximum Gasteiger partial charge on any atom is 0.361 e. The van der Waals surface area contributed by atoms with Gasteiger partial charge in [-0.15, -0.1) is 5.10 Å². The van der Waals surface area contributed by atoms with Crippen molar-refractivity contribution in [3.05, 3.63) is 39.9 Å². The average Bonchev–Trinajstić information content (AvgIpc) is 2.92. The van der Waals surface area contributed by atoms with Crippen molar-refractivity contribution < 1.29 is 9.53 Å². The van der Waals surface area contributed by atoms with Gasteiger partial charge in [0.25, 0.3) is 0 Å². The van der Waals surface area contributed by atoms with Crippen LogP contribution < -0.4 is 0 Å². The van der Waals surface area contributed by atoms with Crippen molar-refractivity contribution in [3.8, 4) is 0 Å². The highest BCUT2D eigenvalue weighted by Gasteiger charge is 2.19. The number of carbonyl (C=O) groups is 1. The number of hydrogen-bond donors (Lipinski definition) is 0. The summed E-state index contributed by atoms with van der Waals surface area (Å²) in [6, 6.07) is 0. The lowest BCUT2D eigenvalue weighted by Gasteiger charge is -2.05. The molecule has 7 nitrogen and oxygen atoms in total. The van der Waals surface area contributed by atoms with E-state index in [0.717, 1.165) is 15.9 Å². The molecule has 2 heterocycles. The van der Waals surface area contributed by atoms with Gasteiger partial charge in [0, 0.05) is 7.05 Å². The third-order valence-corrected chi connectivity index (χ3v) is 4.10. The molecule has 0 amide bonds. The second-order valence-corrected chi connectivity index (χ2v) is 5.33. The van der Waals surface area contributed by atoms with Crippen molar-refractivity contribution in [3.63, 3.8) is 0 Å². The standard InChI is InChI=1S/C13H16BrN5O2/c1-5-6-21-13(20)12-9(3)19(17-15-12)7-10-11(14)8(2)16-18(10)4/h5H,1,6-7H2,2-4H3. The molecule has 0 bridgehead atoms. The van der Waals surface area contributed by atoms with Crippen molar-refractivity contribution >= 4 is 21.9 Å². The van der Waals surface area contributed by atoms with Crippen molar-refractivity contribution in [2.75, 3.05) is 6.61 Å². The van der Waals surface area contributed by atoms with Gasteiger partial charge in [-0.25, -0.2) is 9.48 Å². The fraction of sp³-hybridized carbons (Fsp3) is 0.385. The van der Waals surface area contributed by atoms with Gasteiger partial charge in [0.1, 0.15) is 6.61 Å². The van der Waals surface area contributed by atoms with Crippen LogP contribution in [0.1, 0.15) is 27.6 Å². The first-order chi connectivity index (χ1) is 9.95. The molecule has 0 saturated heterocycles. The molecular formula is C13H16BrN5O2. The summed E-state index contributed by atoms with van der Waals surface area (Å²) in [5, 5.41) is 12.2. The van der Waals surface area contributed by atoms with Crippen LogP contribution in [0.2, 0.25) is 0 Å². The highest BCUT2D eigenvalue weighted by molar-refractivity contribution is 9.10. The van der Waals surface area contributed by atoms with E-state index in [1.807, 2.05) is 14.0 Å². The first kappa shape index (κ1) is 15.4. The topological polar surface area (TPSA) is 74.8 Å². The summed E-state index contributed by atoms with van der Waals surface area (Å²) in [7, 11) is 1.86. The first-order valence-corrected chi connectivity index (χ1v) is 7.11. The van der Waals surface area contributed by atoms with E-state index < -0.39 is 5.97 Å². The van der Waals surface area contributed by atoms with Crippen LogP contribution in [0.25, 0.3) is 0 Å². The number of ether oxygens (including phenoxy) is 1. The van der Waals surface area contributed by atoms with Crippen molar-refractivity contribution in [1.82, 2.24) is 24.8 Å². The van der Waals surface area contributed by atoms with E-state index in [9.17, 15) is 4.79 Å². The van der Waals surface area contributed by atoms with E-state index in [-0.39, 0.29) is 12.3 Å². The molecule has 2 aromatic rings. The molecule has 0 aliphatic heterocycles. The zero-order valence-electron chi connectivity index (χ0n) is 12.1. The van der Waals surface area contributed by atoms with E-state index >= 15 is 0 Å². The van der Waals surface area contributed by atoms with Gasteiger partial charge in [-0.05, 0) is 29.8 Å². The summed E-state index contributed by atoms with van der Waals surface area (Å²) in [6.45, 7) is 7.81. The lowest BCUT2D eigenvalue weighted by molar-refractivity contribution is 0.0542.